The maximum Gasteiger partial charge on any atom is 0.125 e. The molecule has 1 aromatic carbocycles. The fourth-order valence-corrected chi connectivity index (χ4v) is 3.14. The highest BCUT2D eigenvalue weighted by Crippen LogP contribution is 2.34. The van der Waals surface area contributed by atoms with Crippen molar-refractivity contribution < 1.29 is 4.39 Å². The molecule has 0 unspecified atom stereocenters. The van der Waals surface area contributed by atoms with Gasteiger partial charge < -0.3 is 10.2 Å². The van der Waals surface area contributed by atoms with Crippen LogP contribution < -0.4 is 10.2 Å². The van der Waals surface area contributed by atoms with Crippen molar-refractivity contribution in [1.29, 1.82) is 0 Å². The Kier molecular flexibility index (Phi) is 4.46. The van der Waals surface area contributed by atoms with Crippen LogP contribution in [0.25, 0.3) is 0 Å². The maximum absolute atomic E-state index is 13.4. The van der Waals surface area contributed by atoms with E-state index < -0.39 is 0 Å². The van der Waals surface area contributed by atoms with E-state index in [2.05, 4.69) is 24.1 Å². The summed E-state index contributed by atoms with van der Waals surface area (Å²) >= 11 is 0. The summed E-state index contributed by atoms with van der Waals surface area (Å²) in [7, 11) is 2.01. The van der Waals surface area contributed by atoms with Gasteiger partial charge in [-0.25, -0.2) is 4.39 Å². The van der Waals surface area contributed by atoms with E-state index in [0.717, 1.165) is 44.6 Å². The van der Waals surface area contributed by atoms with Gasteiger partial charge >= 0.3 is 0 Å². The molecule has 0 amide bonds. The quantitative estimate of drug-likeness (QED) is 0.848. The molecule has 2 rings (SSSR count). The Morgan fingerprint density at radius 1 is 1.32 bits per heavy atom. The molecule has 0 aromatic heterocycles. The van der Waals surface area contributed by atoms with Crippen molar-refractivity contribution >= 4 is 5.69 Å². The summed E-state index contributed by atoms with van der Waals surface area (Å²) in [6, 6.07) is 5.20. The molecule has 0 atom stereocenters. The van der Waals surface area contributed by atoms with Gasteiger partial charge in [-0.3, -0.25) is 0 Å². The van der Waals surface area contributed by atoms with Gasteiger partial charge in [-0.1, -0.05) is 19.9 Å². The van der Waals surface area contributed by atoms with Crippen LogP contribution in [-0.4, -0.2) is 26.7 Å². The molecule has 0 saturated heterocycles. The molecule has 19 heavy (non-hydrogen) atoms. The second-order valence-electron chi connectivity index (χ2n) is 5.68. The van der Waals surface area contributed by atoms with Crippen molar-refractivity contribution in [2.45, 2.75) is 33.1 Å². The molecule has 1 aliphatic rings. The second-order valence-corrected chi connectivity index (χ2v) is 5.68. The number of hydrogen-bond donors (Lipinski definition) is 1. The molecule has 1 N–H and O–H groups in total. The van der Waals surface area contributed by atoms with Crippen molar-refractivity contribution in [3.8, 4) is 0 Å². The van der Waals surface area contributed by atoms with Crippen LogP contribution in [0, 0.1) is 11.2 Å². The van der Waals surface area contributed by atoms with E-state index >= 15 is 0 Å². The predicted molar refractivity (Wildman–Crippen MR) is 79.3 cm³/mol. The molecule has 0 radical (unpaired) electrons. The molecule has 3 heteroatoms. The topological polar surface area (TPSA) is 15.3 Å². The van der Waals surface area contributed by atoms with E-state index in [-0.39, 0.29) is 11.2 Å². The lowest BCUT2D eigenvalue weighted by atomic mass is 9.81. The highest BCUT2D eigenvalue weighted by atomic mass is 19.1. The van der Waals surface area contributed by atoms with E-state index in [0.29, 0.717) is 0 Å². The lowest BCUT2D eigenvalue weighted by Crippen LogP contribution is -2.42. The number of anilines is 1. The molecular formula is C16H25FN2. The van der Waals surface area contributed by atoms with Gasteiger partial charge in [-0.2, -0.15) is 0 Å². The summed E-state index contributed by atoms with van der Waals surface area (Å²) in [5.41, 5.74) is 2.66. The van der Waals surface area contributed by atoms with Crippen LogP contribution >= 0.6 is 0 Å². The molecule has 2 nitrogen and oxygen atoms in total. The number of benzene rings is 1. The number of nitrogens with zero attached hydrogens (tertiary/aromatic N) is 1. The Hall–Kier alpha value is -1.09. The standard InChI is InChI=1S/C16H25FN2/c1-4-16(5-2,11-18-3)12-19-9-8-13-6-7-14(17)10-15(13)19/h6-7,10,18H,4-5,8-9,11-12H2,1-3H3. The number of fused-ring (bicyclic) bond motifs is 1. The van der Waals surface area contributed by atoms with Gasteiger partial charge in [0.15, 0.2) is 0 Å². The molecule has 106 valence electrons. The first-order chi connectivity index (χ1) is 9.14. The Morgan fingerprint density at radius 2 is 2.05 bits per heavy atom. The van der Waals surface area contributed by atoms with Gasteiger partial charge in [0.05, 0.1) is 0 Å². The third-order valence-corrected chi connectivity index (χ3v) is 4.62. The van der Waals surface area contributed by atoms with Crippen LogP contribution in [0.1, 0.15) is 32.3 Å². The monoisotopic (exact) mass is 264 g/mol. The fourth-order valence-electron chi connectivity index (χ4n) is 3.14. The minimum Gasteiger partial charge on any atom is -0.370 e. The molecule has 1 aliphatic heterocycles. The number of rotatable bonds is 6. The van der Waals surface area contributed by atoms with E-state index in [1.165, 1.54) is 5.56 Å². The van der Waals surface area contributed by atoms with Crippen LogP contribution in [0.2, 0.25) is 0 Å². The Balaban J connectivity index is 2.19. The average Bonchev–Trinajstić information content (AvgIpc) is 2.80. The summed E-state index contributed by atoms with van der Waals surface area (Å²) in [6.45, 7) is 7.55. The fraction of sp³-hybridized carbons (Fsp3) is 0.625. The summed E-state index contributed by atoms with van der Waals surface area (Å²) in [4.78, 5) is 2.36. The average molecular weight is 264 g/mol. The van der Waals surface area contributed by atoms with Crippen LogP contribution in [0.4, 0.5) is 10.1 Å². The summed E-state index contributed by atoms with van der Waals surface area (Å²) in [5, 5.41) is 3.32. The maximum atomic E-state index is 13.4. The van der Waals surface area contributed by atoms with E-state index in [1.54, 1.807) is 12.1 Å². The SMILES string of the molecule is CCC(CC)(CNC)CN1CCc2ccc(F)cc21. The van der Waals surface area contributed by atoms with Gasteiger partial charge in [-0.15, -0.1) is 0 Å². The lowest BCUT2D eigenvalue weighted by molar-refractivity contribution is 0.260. The van der Waals surface area contributed by atoms with Crippen LogP contribution in [0.3, 0.4) is 0 Å². The minimum atomic E-state index is -0.127. The molecular weight excluding hydrogens is 239 g/mol. The zero-order valence-electron chi connectivity index (χ0n) is 12.3. The summed E-state index contributed by atoms with van der Waals surface area (Å²) in [5.74, 6) is -0.127. The van der Waals surface area contributed by atoms with Crippen molar-refractivity contribution in [3.05, 3.63) is 29.6 Å². The summed E-state index contributed by atoms with van der Waals surface area (Å²) in [6.07, 6.45) is 3.33. The van der Waals surface area contributed by atoms with E-state index in [1.807, 2.05) is 13.1 Å². The van der Waals surface area contributed by atoms with Crippen molar-refractivity contribution in [1.82, 2.24) is 5.32 Å². The molecule has 0 spiro atoms. The minimum absolute atomic E-state index is 0.127. The molecule has 0 bridgehead atoms. The highest BCUT2D eigenvalue weighted by molar-refractivity contribution is 5.58. The normalized spacial score (nSPS) is 14.8. The number of halogens is 1. The molecule has 0 aliphatic carbocycles. The third-order valence-electron chi connectivity index (χ3n) is 4.62. The first kappa shape index (κ1) is 14.3. The molecule has 1 heterocycles. The van der Waals surface area contributed by atoms with Crippen LogP contribution in [-0.2, 0) is 6.42 Å². The zero-order valence-corrected chi connectivity index (χ0v) is 12.3. The van der Waals surface area contributed by atoms with Gasteiger partial charge in [0, 0.05) is 25.3 Å². The smallest absolute Gasteiger partial charge is 0.125 e. The van der Waals surface area contributed by atoms with E-state index in [4.69, 9.17) is 0 Å². The van der Waals surface area contributed by atoms with Gasteiger partial charge in [0.25, 0.3) is 0 Å². The zero-order chi connectivity index (χ0) is 13.9. The van der Waals surface area contributed by atoms with Crippen molar-refractivity contribution in [2.75, 3.05) is 31.6 Å². The Labute approximate surface area is 116 Å². The third kappa shape index (κ3) is 2.92. The summed E-state index contributed by atoms with van der Waals surface area (Å²) < 4.78 is 13.4. The molecule has 1 aromatic rings. The predicted octanol–water partition coefficient (Wildman–Crippen LogP) is 3.21. The van der Waals surface area contributed by atoms with Gasteiger partial charge in [-0.05, 0) is 49.4 Å². The largest absolute Gasteiger partial charge is 0.370 e. The Bertz CT molecular complexity index is 427. The first-order valence-corrected chi connectivity index (χ1v) is 7.32. The second kappa shape index (κ2) is 5.91. The number of nitrogens with one attached hydrogen (secondary N) is 1. The van der Waals surface area contributed by atoms with Crippen LogP contribution in [0.15, 0.2) is 18.2 Å². The number of hydrogen-bond acceptors (Lipinski definition) is 2. The van der Waals surface area contributed by atoms with Crippen molar-refractivity contribution in [3.63, 3.8) is 0 Å². The Morgan fingerprint density at radius 3 is 2.68 bits per heavy atom. The lowest BCUT2D eigenvalue weighted by Gasteiger charge is -2.36. The van der Waals surface area contributed by atoms with Crippen LogP contribution in [0.5, 0.6) is 0 Å². The first-order valence-electron chi connectivity index (χ1n) is 7.32. The molecule has 0 fully saturated rings. The van der Waals surface area contributed by atoms with Gasteiger partial charge in [0.1, 0.15) is 5.82 Å². The van der Waals surface area contributed by atoms with Crippen molar-refractivity contribution in [2.24, 2.45) is 5.41 Å². The highest BCUT2D eigenvalue weighted by Gasteiger charge is 2.31. The van der Waals surface area contributed by atoms with Gasteiger partial charge in [0.2, 0.25) is 0 Å². The molecule has 0 saturated carbocycles. The van der Waals surface area contributed by atoms with E-state index in [9.17, 15) is 4.39 Å².